The molecule has 0 heterocycles. The zero-order valence-electron chi connectivity index (χ0n) is 5.03. The van der Waals surface area contributed by atoms with Gasteiger partial charge < -0.3 is 10.2 Å². The first kappa shape index (κ1) is 6.45. The predicted octanol–water partition coefficient (Wildman–Crippen LogP) is -0.763. The lowest BCUT2D eigenvalue weighted by Gasteiger charge is -1.99. The van der Waals surface area contributed by atoms with Crippen LogP contribution in [0.5, 0.6) is 0 Å². The van der Waals surface area contributed by atoms with Crippen LogP contribution in [0.1, 0.15) is 6.92 Å². The van der Waals surface area contributed by atoms with Crippen LogP contribution >= 0.6 is 0 Å². The average molecular weight is 128 g/mol. The maximum atomic E-state index is 10.6. The van der Waals surface area contributed by atoms with Gasteiger partial charge in [-0.05, 0) is 18.6 Å². The third-order valence-electron chi connectivity index (χ3n) is 1.41. The summed E-state index contributed by atoms with van der Waals surface area (Å²) in [6, 6.07) is 0. The SMILES string of the molecule is CC1=CC(O)C(=O)C1O. The first-order valence-corrected chi connectivity index (χ1v) is 2.71. The minimum Gasteiger partial charge on any atom is -0.381 e. The molecule has 1 aliphatic rings. The molecule has 2 atom stereocenters. The van der Waals surface area contributed by atoms with Crippen molar-refractivity contribution < 1.29 is 15.0 Å². The molecule has 0 aromatic heterocycles. The number of carbonyl (C=O) groups is 1. The second-order valence-corrected chi connectivity index (χ2v) is 2.16. The summed E-state index contributed by atoms with van der Waals surface area (Å²) in [5, 5.41) is 17.6. The molecule has 9 heavy (non-hydrogen) atoms. The summed E-state index contributed by atoms with van der Waals surface area (Å²) in [5.74, 6) is -0.521. The van der Waals surface area contributed by atoms with E-state index in [9.17, 15) is 4.79 Å². The molecule has 0 bridgehead atoms. The van der Waals surface area contributed by atoms with Gasteiger partial charge in [0.15, 0.2) is 5.78 Å². The molecule has 3 nitrogen and oxygen atoms in total. The van der Waals surface area contributed by atoms with Gasteiger partial charge in [-0.2, -0.15) is 0 Å². The molecular formula is C6H8O3. The Hall–Kier alpha value is -0.670. The molecule has 0 aliphatic heterocycles. The first-order chi connectivity index (χ1) is 4.13. The van der Waals surface area contributed by atoms with Crippen molar-refractivity contribution in [2.24, 2.45) is 0 Å². The van der Waals surface area contributed by atoms with E-state index in [0.717, 1.165) is 0 Å². The smallest absolute Gasteiger partial charge is 0.197 e. The highest BCUT2D eigenvalue weighted by Crippen LogP contribution is 2.14. The summed E-state index contributed by atoms with van der Waals surface area (Å²) in [5.41, 5.74) is 0.535. The molecule has 0 spiro atoms. The molecule has 0 aromatic rings. The summed E-state index contributed by atoms with van der Waals surface area (Å²) in [7, 11) is 0. The van der Waals surface area contributed by atoms with Crippen LogP contribution in [0.15, 0.2) is 11.6 Å². The van der Waals surface area contributed by atoms with E-state index in [-0.39, 0.29) is 0 Å². The zero-order valence-corrected chi connectivity index (χ0v) is 5.03. The molecule has 1 rings (SSSR count). The van der Waals surface area contributed by atoms with Crippen molar-refractivity contribution >= 4 is 5.78 Å². The van der Waals surface area contributed by atoms with Crippen molar-refractivity contribution in [1.29, 1.82) is 0 Å². The Bertz CT molecular complexity index is 171. The van der Waals surface area contributed by atoms with Gasteiger partial charge in [0, 0.05) is 0 Å². The van der Waals surface area contributed by atoms with Crippen LogP contribution in [-0.2, 0) is 4.79 Å². The maximum Gasteiger partial charge on any atom is 0.197 e. The van der Waals surface area contributed by atoms with Crippen molar-refractivity contribution in [3.8, 4) is 0 Å². The highest BCUT2D eigenvalue weighted by atomic mass is 16.3. The van der Waals surface area contributed by atoms with Crippen LogP contribution in [0.25, 0.3) is 0 Å². The second-order valence-electron chi connectivity index (χ2n) is 2.16. The Kier molecular flexibility index (Phi) is 1.38. The molecular weight excluding hydrogens is 120 g/mol. The third kappa shape index (κ3) is 0.886. The Morgan fingerprint density at radius 2 is 2.11 bits per heavy atom. The fourth-order valence-electron chi connectivity index (χ4n) is 0.808. The quantitative estimate of drug-likeness (QED) is 0.421. The number of ketones is 1. The van der Waals surface area contributed by atoms with Crippen molar-refractivity contribution in [3.63, 3.8) is 0 Å². The Balaban J connectivity index is 2.82. The molecule has 0 amide bonds. The van der Waals surface area contributed by atoms with Crippen LogP contribution in [0.2, 0.25) is 0 Å². The minimum atomic E-state index is -1.08. The zero-order chi connectivity index (χ0) is 7.02. The van der Waals surface area contributed by atoms with Gasteiger partial charge in [-0.15, -0.1) is 0 Å². The molecule has 0 saturated heterocycles. The average Bonchev–Trinajstić information content (AvgIpc) is 1.98. The molecule has 0 aromatic carbocycles. The van der Waals surface area contributed by atoms with E-state index >= 15 is 0 Å². The first-order valence-electron chi connectivity index (χ1n) is 2.71. The van der Waals surface area contributed by atoms with Crippen LogP contribution in [0.4, 0.5) is 0 Å². The van der Waals surface area contributed by atoms with E-state index in [0.29, 0.717) is 5.57 Å². The molecule has 3 heteroatoms. The van der Waals surface area contributed by atoms with Crippen molar-refractivity contribution in [2.75, 3.05) is 0 Å². The Labute approximate surface area is 52.6 Å². The van der Waals surface area contributed by atoms with E-state index in [1.54, 1.807) is 6.92 Å². The largest absolute Gasteiger partial charge is 0.381 e. The van der Waals surface area contributed by atoms with Gasteiger partial charge in [0.05, 0.1) is 0 Å². The monoisotopic (exact) mass is 128 g/mol. The van der Waals surface area contributed by atoms with E-state index in [1.807, 2.05) is 0 Å². The second kappa shape index (κ2) is 1.93. The molecule has 0 saturated carbocycles. The Morgan fingerprint density at radius 1 is 1.56 bits per heavy atom. The normalized spacial score (nSPS) is 35.0. The molecule has 2 unspecified atom stereocenters. The lowest BCUT2D eigenvalue weighted by molar-refractivity contribution is -0.129. The van der Waals surface area contributed by atoms with Crippen molar-refractivity contribution in [2.45, 2.75) is 19.1 Å². The van der Waals surface area contributed by atoms with Crippen LogP contribution in [0.3, 0.4) is 0 Å². The van der Waals surface area contributed by atoms with E-state index in [4.69, 9.17) is 10.2 Å². The maximum absolute atomic E-state index is 10.6. The molecule has 1 aliphatic carbocycles. The number of Topliss-reactive ketones (excluding diaryl/α,β-unsaturated/α-hetero) is 1. The predicted molar refractivity (Wildman–Crippen MR) is 30.8 cm³/mol. The van der Waals surface area contributed by atoms with E-state index in [1.165, 1.54) is 6.08 Å². The van der Waals surface area contributed by atoms with Gasteiger partial charge in [0.2, 0.25) is 0 Å². The Morgan fingerprint density at radius 3 is 2.22 bits per heavy atom. The number of aliphatic hydroxyl groups is 2. The van der Waals surface area contributed by atoms with E-state index in [2.05, 4.69) is 0 Å². The number of hydrogen-bond donors (Lipinski definition) is 2. The van der Waals surface area contributed by atoms with Crippen molar-refractivity contribution in [1.82, 2.24) is 0 Å². The van der Waals surface area contributed by atoms with Crippen LogP contribution in [0, 0.1) is 0 Å². The number of hydrogen-bond acceptors (Lipinski definition) is 3. The lowest BCUT2D eigenvalue weighted by atomic mass is 10.2. The lowest BCUT2D eigenvalue weighted by Crippen LogP contribution is -2.23. The molecule has 0 radical (unpaired) electrons. The summed E-state index contributed by atoms with van der Waals surface area (Å²) in [4.78, 5) is 10.6. The fourth-order valence-corrected chi connectivity index (χ4v) is 0.808. The summed E-state index contributed by atoms with van der Waals surface area (Å²) < 4.78 is 0. The van der Waals surface area contributed by atoms with Crippen LogP contribution in [-0.4, -0.2) is 28.2 Å². The van der Waals surface area contributed by atoms with Gasteiger partial charge in [0.1, 0.15) is 12.2 Å². The fraction of sp³-hybridized carbons (Fsp3) is 0.500. The topological polar surface area (TPSA) is 57.5 Å². The molecule has 0 fully saturated rings. The van der Waals surface area contributed by atoms with Crippen molar-refractivity contribution in [3.05, 3.63) is 11.6 Å². The molecule has 2 N–H and O–H groups in total. The summed E-state index contributed by atoms with van der Waals surface area (Å²) in [6.45, 7) is 1.61. The standard InChI is InChI=1S/C6H8O3/c1-3-2-4(7)6(9)5(3)8/h2,4-5,7-8H,1H3. The van der Waals surface area contributed by atoms with Gasteiger partial charge in [-0.1, -0.05) is 0 Å². The highest BCUT2D eigenvalue weighted by molar-refractivity contribution is 5.94. The van der Waals surface area contributed by atoms with Gasteiger partial charge >= 0.3 is 0 Å². The minimum absolute atomic E-state index is 0.521. The summed E-state index contributed by atoms with van der Waals surface area (Å²) >= 11 is 0. The summed E-state index contributed by atoms with van der Waals surface area (Å²) in [6.07, 6.45) is -0.799. The van der Waals surface area contributed by atoms with Crippen LogP contribution < -0.4 is 0 Å². The molecule has 50 valence electrons. The number of carbonyl (C=O) groups excluding carboxylic acids is 1. The van der Waals surface area contributed by atoms with Gasteiger partial charge in [0.25, 0.3) is 0 Å². The number of rotatable bonds is 0. The number of aliphatic hydroxyl groups excluding tert-OH is 2. The third-order valence-corrected chi connectivity index (χ3v) is 1.41. The van der Waals surface area contributed by atoms with E-state index < -0.39 is 18.0 Å². The van der Waals surface area contributed by atoms with Gasteiger partial charge in [-0.25, -0.2) is 0 Å². The highest BCUT2D eigenvalue weighted by Gasteiger charge is 2.29. The van der Waals surface area contributed by atoms with Gasteiger partial charge in [-0.3, -0.25) is 4.79 Å².